The van der Waals surface area contributed by atoms with Crippen LogP contribution in [0.25, 0.3) is 0 Å². The molecule has 1 fully saturated rings. The molecule has 1 aliphatic rings. The van der Waals surface area contributed by atoms with E-state index in [0.717, 1.165) is 12.5 Å². The quantitative estimate of drug-likeness (QED) is 0.865. The SMILES string of the molecule is CC(NC1CCCNC1=O)c1cccc(F)c1F. The van der Waals surface area contributed by atoms with Gasteiger partial charge in [-0.05, 0) is 25.8 Å². The van der Waals surface area contributed by atoms with Gasteiger partial charge in [0.2, 0.25) is 5.91 Å². The molecule has 0 aromatic heterocycles. The third-order valence-electron chi connectivity index (χ3n) is 3.18. The summed E-state index contributed by atoms with van der Waals surface area (Å²) >= 11 is 0. The van der Waals surface area contributed by atoms with Crippen LogP contribution in [0.15, 0.2) is 18.2 Å². The van der Waals surface area contributed by atoms with Crippen LogP contribution in [0.3, 0.4) is 0 Å². The largest absolute Gasteiger partial charge is 0.355 e. The van der Waals surface area contributed by atoms with Crippen LogP contribution < -0.4 is 10.6 Å². The number of carbonyl (C=O) groups is 1. The molecule has 2 unspecified atom stereocenters. The molecule has 18 heavy (non-hydrogen) atoms. The maximum absolute atomic E-state index is 13.6. The Labute approximate surface area is 105 Å². The number of amides is 1. The summed E-state index contributed by atoms with van der Waals surface area (Å²) in [4.78, 5) is 11.6. The molecule has 0 bridgehead atoms. The summed E-state index contributed by atoms with van der Waals surface area (Å²) in [5.41, 5.74) is 0.244. The molecule has 1 aromatic carbocycles. The number of hydrogen-bond donors (Lipinski definition) is 2. The highest BCUT2D eigenvalue weighted by atomic mass is 19.2. The molecule has 0 aliphatic carbocycles. The van der Waals surface area contributed by atoms with Crippen molar-refractivity contribution in [2.45, 2.75) is 31.8 Å². The minimum absolute atomic E-state index is 0.0788. The second kappa shape index (κ2) is 5.44. The lowest BCUT2D eigenvalue weighted by Crippen LogP contribution is -2.49. The van der Waals surface area contributed by atoms with Gasteiger partial charge in [-0.25, -0.2) is 8.78 Å². The predicted octanol–water partition coefficient (Wildman–Crippen LogP) is 1.89. The second-order valence-corrected chi connectivity index (χ2v) is 4.52. The van der Waals surface area contributed by atoms with Gasteiger partial charge in [-0.3, -0.25) is 10.1 Å². The molecule has 98 valence electrons. The molecule has 0 saturated carbocycles. The molecular formula is C13H16F2N2O. The molecule has 2 rings (SSSR count). The van der Waals surface area contributed by atoms with Gasteiger partial charge in [0.25, 0.3) is 0 Å². The highest BCUT2D eigenvalue weighted by Crippen LogP contribution is 2.20. The zero-order chi connectivity index (χ0) is 13.1. The van der Waals surface area contributed by atoms with Gasteiger partial charge in [0.1, 0.15) is 0 Å². The number of benzene rings is 1. The lowest BCUT2D eigenvalue weighted by molar-refractivity contribution is -0.124. The van der Waals surface area contributed by atoms with Gasteiger partial charge in [-0.2, -0.15) is 0 Å². The topological polar surface area (TPSA) is 41.1 Å². The van der Waals surface area contributed by atoms with E-state index in [4.69, 9.17) is 0 Å². The normalized spacial score (nSPS) is 21.5. The van der Waals surface area contributed by atoms with Crippen LogP contribution in [0.2, 0.25) is 0 Å². The fourth-order valence-corrected chi connectivity index (χ4v) is 2.18. The molecular weight excluding hydrogens is 238 g/mol. The van der Waals surface area contributed by atoms with Crippen molar-refractivity contribution in [3.05, 3.63) is 35.4 Å². The zero-order valence-electron chi connectivity index (χ0n) is 10.2. The van der Waals surface area contributed by atoms with Crippen LogP contribution in [-0.4, -0.2) is 18.5 Å². The molecule has 1 heterocycles. The van der Waals surface area contributed by atoms with E-state index in [1.807, 2.05) is 0 Å². The van der Waals surface area contributed by atoms with Crippen molar-refractivity contribution in [2.75, 3.05) is 6.54 Å². The Morgan fingerprint density at radius 2 is 2.22 bits per heavy atom. The van der Waals surface area contributed by atoms with Crippen molar-refractivity contribution in [3.8, 4) is 0 Å². The molecule has 2 atom stereocenters. The zero-order valence-corrected chi connectivity index (χ0v) is 10.2. The molecule has 0 radical (unpaired) electrons. The third kappa shape index (κ3) is 2.67. The number of piperidine rings is 1. The van der Waals surface area contributed by atoms with Gasteiger partial charge >= 0.3 is 0 Å². The number of carbonyl (C=O) groups excluding carboxylic acids is 1. The molecule has 1 aromatic rings. The van der Waals surface area contributed by atoms with Crippen molar-refractivity contribution in [1.29, 1.82) is 0 Å². The van der Waals surface area contributed by atoms with Crippen LogP contribution in [0.5, 0.6) is 0 Å². The Kier molecular flexibility index (Phi) is 3.91. The maximum atomic E-state index is 13.6. The van der Waals surface area contributed by atoms with E-state index in [9.17, 15) is 13.6 Å². The lowest BCUT2D eigenvalue weighted by Gasteiger charge is -2.26. The summed E-state index contributed by atoms with van der Waals surface area (Å²) in [6.45, 7) is 2.40. The first kappa shape index (κ1) is 13.0. The molecule has 2 N–H and O–H groups in total. The summed E-state index contributed by atoms with van der Waals surface area (Å²) in [7, 11) is 0. The summed E-state index contributed by atoms with van der Waals surface area (Å²) in [5.74, 6) is -1.80. The average Bonchev–Trinajstić information content (AvgIpc) is 2.35. The minimum Gasteiger partial charge on any atom is -0.355 e. The Hall–Kier alpha value is -1.49. The van der Waals surface area contributed by atoms with Crippen LogP contribution in [0.1, 0.15) is 31.4 Å². The van der Waals surface area contributed by atoms with E-state index < -0.39 is 17.7 Å². The van der Waals surface area contributed by atoms with Gasteiger partial charge in [-0.1, -0.05) is 12.1 Å². The highest BCUT2D eigenvalue weighted by molar-refractivity contribution is 5.82. The van der Waals surface area contributed by atoms with E-state index in [0.29, 0.717) is 13.0 Å². The smallest absolute Gasteiger partial charge is 0.237 e. The average molecular weight is 254 g/mol. The van der Waals surface area contributed by atoms with Crippen molar-refractivity contribution in [3.63, 3.8) is 0 Å². The van der Waals surface area contributed by atoms with Gasteiger partial charge in [0, 0.05) is 18.2 Å². The first-order valence-corrected chi connectivity index (χ1v) is 6.07. The fraction of sp³-hybridized carbons (Fsp3) is 0.462. The number of hydrogen-bond acceptors (Lipinski definition) is 2. The van der Waals surface area contributed by atoms with E-state index >= 15 is 0 Å². The minimum atomic E-state index is -0.866. The summed E-state index contributed by atoms with van der Waals surface area (Å²) in [5, 5.41) is 5.78. The van der Waals surface area contributed by atoms with Crippen LogP contribution in [-0.2, 0) is 4.79 Å². The predicted molar refractivity (Wildman–Crippen MR) is 63.9 cm³/mol. The first-order chi connectivity index (χ1) is 8.59. The van der Waals surface area contributed by atoms with Gasteiger partial charge in [0.05, 0.1) is 6.04 Å². The molecule has 5 heteroatoms. The first-order valence-electron chi connectivity index (χ1n) is 6.07. The Balaban J connectivity index is 2.09. The van der Waals surface area contributed by atoms with E-state index in [1.54, 1.807) is 6.92 Å². The fourth-order valence-electron chi connectivity index (χ4n) is 2.18. The van der Waals surface area contributed by atoms with Gasteiger partial charge in [0.15, 0.2) is 11.6 Å². The van der Waals surface area contributed by atoms with Crippen molar-refractivity contribution >= 4 is 5.91 Å². The number of rotatable bonds is 3. The molecule has 3 nitrogen and oxygen atoms in total. The van der Waals surface area contributed by atoms with Crippen LogP contribution in [0.4, 0.5) is 8.78 Å². The molecule has 0 spiro atoms. The van der Waals surface area contributed by atoms with Crippen LogP contribution in [0, 0.1) is 11.6 Å². The summed E-state index contributed by atoms with van der Waals surface area (Å²) < 4.78 is 26.7. The number of nitrogens with one attached hydrogen (secondary N) is 2. The lowest BCUT2D eigenvalue weighted by atomic mass is 10.0. The standard InChI is InChI=1S/C13H16F2N2O/c1-8(9-4-2-5-10(14)12(9)15)17-11-6-3-7-16-13(11)18/h2,4-5,8,11,17H,3,6-7H2,1H3,(H,16,18). The molecule has 1 saturated heterocycles. The van der Waals surface area contributed by atoms with Gasteiger partial charge < -0.3 is 5.32 Å². The van der Waals surface area contributed by atoms with Crippen molar-refractivity contribution < 1.29 is 13.6 Å². The van der Waals surface area contributed by atoms with Crippen LogP contribution >= 0.6 is 0 Å². The Bertz CT molecular complexity index is 451. The maximum Gasteiger partial charge on any atom is 0.237 e. The Morgan fingerprint density at radius 1 is 1.44 bits per heavy atom. The Morgan fingerprint density at radius 3 is 2.94 bits per heavy atom. The van der Waals surface area contributed by atoms with E-state index in [1.165, 1.54) is 12.1 Å². The monoisotopic (exact) mass is 254 g/mol. The highest BCUT2D eigenvalue weighted by Gasteiger charge is 2.24. The van der Waals surface area contributed by atoms with Crippen molar-refractivity contribution in [2.24, 2.45) is 0 Å². The van der Waals surface area contributed by atoms with E-state index in [-0.39, 0.29) is 17.5 Å². The summed E-state index contributed by atoms with van der Waals surface area (Å²) in [6, 6.07) is 3.33. The second-order valence-electron chi connectivity index (χ2n) is 4.52. The van der Waals surface area contributed by atoms with Crippen molar-refractivity contribution in [1.82, 2.24) is 10.6 Å². The van der Waals surface area contributed by atoms with E-state index in [2.05, 4.69) is 10.6 Å². The third-order valence-corrected chi connectivity index (χ3v) is 3.18. The molecule has 1 aliphatic heterocycles. The molecule has 1 amide bonds. The van der Waals surface area contributed by atoms with Gasteiger partial charge in [-0.15, -0.1) is 0 Å². The summed E-state index contributed by atoms with van der Waals surface area (Å²) in [6.07, 6.45) is 1.61. The number of halogens is 2.